The van der Waals surface area contributed by atoms with Crippen LogP contribution in [-0.2, 0) is 6.54 Å². The van der Waals surface area contributed by atoms with Crippen LogP contribution in [0.4, 0.5) is 0 Å². The Morgan fingerprint density at radius 3 is 2.50 bits per heavy atom. The molecular formula is C24H21N3O3. The highest BCUT2D eigenvalue weighted by molar-refractivity contribution is 5.98. The van der Waals surface area contributed by atoms with Crippen LogP contribution in [0.2, 0.25) is 0 Å². The standard InChI is InChI=1S/C24H21N3O3/c1-30-21-10-8-18(9-11-21)22-12-13-23(28)27(26-22)15-14-25-24(29)20-7-6-17-4-2-3-5-19(17)16-20/h2-13,16H,14-15H2,1H3,(H,25,29). The van der Waals surface area contributed by atoms with Crippen LogP contribution in [0, 0.1) is 0 Å². The second-order valence-electron chi connectivity index (χ2n) is 6.83. The van der Waals surface area contributed by atoms with Gasteiger partial charge in [0.15, 0.2) is 0 Å². The van der Waals surface area contributed by atoms with Crippen molar-refractivity contribution in [2.45, 2.75) is 6.54 Å². The Kier molecular flexibility index (Phi) is 5.57. The van der Waals surface area contributed by atoms with Gasteiger partial charge in [-0.15, -0.1) is 0 Å². The Hall–Kier alpha value is -3.93. The number of methoxy groups -OCH3 is 1. The summed E-state index contributed by atoms with van der Waals surface area (Å²) in [7, 11) is 1.61. The summed E-state index contributed by atoms with van der Waals surface area (Å²) in [4.78, 5) is 24.6. The molecule has 150 valence electrons. The average molecular weight is 399 g/mol. The van der Waals surface area contributed by atoms with Crippen LogP contribution in [0.3, 0.4) is 0 Å². The molecule has 0 saturated carbocycles. The first kappa shape index (κ1) is 19.4. The number of ether oxygens (including phenoxy) is 1. The van der Waals surface area contributed by atoms with E-state index in [0.717, 1.165) is 22.1 Å². The molecule has 1 aromatic heterocycles. The quantitative estimate of drug-likeness (QED) is 0.539. The number of fused-ring (bicyclic) bond motifs is 1. The third kappa shape index (κ3) is 4.22. The molecule has 4 aromatic rings. The van der Waals surface area contributed by atoms with E-state index in [1.54, 1.807) is 19.2 Å². The van der Waals surface area contributed by atoms with Crippen molar-refractivity contribution in [2.75, 3.05) is 13.7 Å². The van der Waals surface area contributed by atoms with Gasteiger partial charge in [0.1, 0.15) is 5.75 Å². The molecule has 0 fully saturated rings. The summed E-state index contributed by atoms with van der Waals surface area (Å²) in [5.41, 5.74) is 1.93. The molecule has 6 nitrogen and oxygen atoms in total. The maximum Gasteiger partial charge on any atom is 0.266 e. The van der Waals surface area contributed by atoms with E-state index in [4.69, 9.17) is 4.74 Å². The van der Waals surface area contributed by atoms with Gasteiger partial charge in [0, 0.05) is 23.7 Å². The van der Waals surface area contributed by atoms with Gasteiger partial charge in [-0.2, -0.15) is 5.10 Å². The number of nitrogens with zero attached hydrogens (tertiary/aromatic N) is 2. The summed E-state index contributed by atoms with van der Waals surface area (Å²) >= 11 is 0. The molecule has 3 aromatic carbocycles. The summed E-state index contributed by atoms with van der Waals surface area (Å²) in [5, 5.41) is 9.37. The van der Waals surface area contributed by atoms with Crippen molar-refractivity contribution in [1.82, 2.24) is 15.1 Å². The molecule has 1 amide bonds. The van der Waals surface area contributed by atoms with Crippen LogP contribution < -0.4 is 15.6 Å². The zero-order valence-electron chi connectivity index (χ0n) is 16.5. The molecule has 4 rings (SSSR count). The molecule has 0 atom stereocenters. The van der Waals surface area contributed by atoms with Crippen molar-refractivity contribution < 1.29 is 9.53 Å². The number of nitrogens with one attached hydrogen (secondary N) is 1. The molecule has 0 spiro atoms. The normalized spacial score (nSPS) is 10.7. The van der Waals surface area contributed by atoms with Gasteiger partial charge in [0.2, 0.25) is 0 Å². The maximum absolute atomic E-state index is 12.5. The predicted octanol–water partition coefficient (Wildman–Crippen LogP) is 3.50. The zero-order chi connectivity index (χ0) is 20.9. The predicted molar refractivity (Wildman–Crippen MR) is 117 cm³/mol. The number of hydrogen-bond acceptors (Lipinski definition) is 4. The summed E-state index contributed by atoms with van der Waals surface area (Å²) < 4.78 is 6.53. The first-order valence-corrected chi connectivity index (χ1v) is 9.64. The summed E-state index contributed by atoms with van der Waals surface area (Å²) in [5.74, 6) is 0.573. The van der Waals surface area contributed by atoms with E-state index in [0.29, 0.717) is 17.8 Å². The maximum atomic E-state index is 12.5. The molecule has 6 heteroatoms. The van der Waals surface area contributed by atoms with Crippen molar-refractivity contribution >= 4 is 16.7 Å². The summed E-state index contributed by atoms with van der Waals surface area (Å²) in [6.45, 7) is 0.576. The van der Waals surface area contributed by atoms with E-state index >= 15 is 0 Å². The summed E-state index contributed by atoms with van der Waals surface area (Å²) in [6, 6.07) is 24.1. The van der Waals surface area contributed by atoms with Crippen molar-refractivity contribution in [3.63, 3.8) is 0 Å². The molecule has 0 aliphatic rings. The third-order valence-electron chi connectivity index (χ3n) is 4.87. The molecule has 30 heavy (non-hydrogen) atoms. The van der Waals surface area contributed by atoms with E-state index in [2.05, 4.69) is 10.4 Å². The van der Waals surface area contributed by atoms with Crippen LogP contribution >= 0.6 is 0 Å². The number of hydrogen-bond donors (Lipinski definition) is 1. The van der Waals surface area contributed by atoms with Crippen molar-refractivity contribution in [2.24, 2.45) is 0 Å². The van der Waals surface area contributed by atoms with Crippen LogP contribution in [-0.4, -0.2) is 29.3 Å². The molecule has 0 unspecified atom stereocenters. The van der Waals surface area contributed by atoms with Gasteiger partial charge in [-0.25, -0.2) is 4.68 Å². The lowest BCUT2D eigenvalue weighted by molar-refractivity contribution is 0.0952. The van der Waals surface area contributed by atoms with Crippen molar-refractivity contribution in [3.05, 3.63) is 94.8 Å². The van der Waals surface area contributed by atoms with Gasteiger partial charge in [0.05, 0.1) is 19.3 Å². The lowest BCUT2D eigenvalue weighted by atomic mass is 10.1. The smallest absolute Gasteiger partial charge is 0.266 e. The minimum Gasteiger partial charge on any atom is -0.497 e. The molecule has 1 N–H and O–H groups in total. The molecule has 0 aliphatic heterocycles. The fourth-order valence-corrected chi connectivity index (χ4v) is 3.23. The van der Waals surface area contributed by atoms with Gasteiger partial charge < -0.3 is 10.1 Å². The number of rotatable bonds is 6. The lowest BCUT2D eigenvalue weighted by Crippen LogP contribution is -2.31. The van der Waals surface area contributed by atoms with Crippen LogP contribution in [0.15, 0.2) is 83.7 Å². The fraction of sp³-hybridized carbons (Fsp3) is 0.125. The highest BCUT2D eigenvalue weighted by Gasteiger charge is 2.08. The second-order valence-corrected chi connectivity index (χ2v) is 6.83. The number of carbonyl (C=O) groups excluding carboxylic acids is 1. The first-order chi connectivity index (χ1) is 14.6. The van der Waals surface area contributed by atoms with E-state index in [9.17, 15) is 9.59 Å². The van der Waals surface area contributed by atoms with E-state index in [1.165, 1.54) is 10.7 Å². The van der Waals surface area contributed by atoms with Gasteiger partial charge in [0.25, 0.3) is 11.5 Å². The third-order valence-corrected chi connectivity index (χ3v) is 4.87. The Morgan fingerprint density at radius 1 is 0.967 bits per heavy atom. The Morgan fingerprint density at radius 2 is 1.73 bits per heavy atom. The van der Waals surface area contributed by atoms with Crippen LogP contribution in [0.1, 0.15) is 10.4 Å². The van der Waals surface area contributed by atoms with Crippen molar-refractivity contribution in [1.29, 1.82) is 0 Å². The molecule has 0 aliphatic carbocycles. The van der Waals surface area contributed by atoms with Gasteiger partial charge in [-0.1, -0.05) is 30.3 Å². The average Bonchev–Trinajstić information content (AvgIpc) is 2.80. The molecule has 0 saturated heterocycles. The number of benzene rings is 3. The highest BCUT2D eigenvalue weighted by Crippen LogP contribution is 2.19. The highest BCUT2D eigenvalue weighted by atomic mass is 16.5. The van der Waals surface area contributed by atoms with Gasteiger partial charge >= 0.3 is 0 Å². The topological polar surface area (TPSA) is 73.2 Å². The molecule has 0 bridgehead atoms. The Bertz CT molecular complexity index is 1250. The second kappa shape index (κ2) is 8.61. The Balaban J connectivity index is 1.43. The SMILES string of the molecule is COc1ccc(-c2ccc(=O)n(CCNC(=O)c3ccc4ccccc4c3)n2)cc1. The lowest BCUT2D eigenvalue weighted by Gasteiger charge is -2.09. The minimum atomic E-state index is -0.216. The molecular weight excluding hydrogens is 378 g/mol. The molecule has 1 heterocycles. The van der Waals surface area contributed by atoms with E-state index < -0.39 is 0 Å². The van der Waals surface area contributed by atoms with Crippen molar-refractivity contribution in [3.8, 4) is 17.0 Å². The monoisotopic (exact) mass is 399 g/mol. The number of carbonyl (C=O) groups is 1. The largest absolute Gasteiger partial charge is 0.497 e. The number of amides is 1. The zero-order valence-corrected chi connectivity index (χ0v) is 16.5. The number of aromatic nitrogens is 2. The van der Waals surface area contributed by atoms with Crippen LogP contribution in [0.25, 0.3) is 22.0 Å². The van der Waals surface area contributed by atoms with E-state index in [1.807, 2.05) is 60.7 Å². The Labute approximate surface area is 173 Å². The first-order valence-electron chi connectivity index (χ1n) is 9.64. The van der Waals surface area contributed by atoms with Gasteiger partial charge in [-0.3, -0.25) is 9.59 Å². The van der Waals surface area contributed by atoms with Gasteiger partial charge in [-0.05, 0) is 53.2 Å². The fourth-order valence-electron chi connectivity index (χ4n) is 3.23. The van der Waals surface area contributed by atoms with Crippen LogP contribution in [0.5, 0.6) is 5.75 Å². The summed E-state index contributed by atoms with van der Waals surface area (Å²) in [6.07, 6.45) is 0. The minimum absolute atomic E-state index is 0.180. The van der Waals surface area contributed by atoms with E-state index in [-0.39, 0.29) is 18.0 Å². The molecule has 0 radical (unpaired) electrons.